The van der Waals surface area contributed by atoms with Gasteiger partial charge in [-0.1, -0.05) is 13.0 Å². The van der Waals surface area contributed by atoms with Gasteiger partial charge in [0, 0.05) is 61.5 Å². The van der Waals surface area contributed by atoms with Crippen LogP contribution in [0.15, 0.2) is 40.8 Å². The largest absolute Gasteiger partial charge is 0.370 e. The second-order valence-electron chi connectivity index (χ2n) is 8.95. The third-order valence-corrected chi connectivity index (χ3v) is 6.36. The van der Waals surface area contributed by atoms with E-state index < -0.39 is 0 Å². The maximum Gasteiger partial charge on any atom is 0.293 e. The minimum absolute atomic E-state index is 0.0408. The Morgan fingerprint density at radius 2 is 2.17 bits per heavy atom. The molecule has 2 aliphatic rings. The van der Waals surface area contributed by atoms with Gasteiger partial charge in [-0.15, -0.1) is 0 Å². The number of benzene rings is 1. The molecular weight excluding hydrogens is 450 g/mol. The van der Waals surface area contributed by atoms with Gasteiger partial charge in [-0.25, -0.2) is 10.4 Å². The van der Waals surface area contributed by atoms with Crippen LogP contribution in [0.2, 0.25) is 0 Å². The van der Waals surface area contributed by atoms with E-state index in [4.69, 9.17) is 5.73 Å². The molecule has 1 atom stereocenters. The summed E-state index contributed by atoms with van der Waals surface area (Å²) >= 11 is 0. The van der Waals surface area contributed by atoms with Crippen LogP contribution in [0.1, 0.15) is 43.9 Å². The molecule has 0 aliphatic carbocycles. The molecule has 0 spiro atoms. The van der Waals surface area contributed by atoms with Gasteiger partial charge in [-0.3, -0.25) is 19.9 Å². The molecule has 5 N–H and O–H groups in total. The first-order valence-electron chi connectivity index (χ1n) is 11.8. The van der Waals surface area contributed by atoms with Crippen molar-refractivity contribution in [3.8, 4) is 0 Å². The smallest absolute Gasteiger partial charge is 0.293 e. The third-order valence-electron chi connectivity index (χ3n) is 6.36. The van der Waals surface area contributed by atoms with E-state index in [-0.39, 0.29) is 28.5 Å². The topological polar surface area (TPSA) is 167 Å². The lowest BCUT2D eigenvalue weighted by atomic mass is 9.93. The summed E-state index contributed by atoms with van der Waals surface area (Å²) in [7, 11) is 0. The number of guanidine groups is 1. The van der Waals surface area contributed by atoms with Crippen LogP contribution < -0.4 is 21.4 Å². The van der Waals surface area contributed by atoms with Crippen LogP contribution in [0.5, 0.6) is 0 Å². The summed E-state index contributed by atoms with van der Waals surface area (Å²) in [5.41, 5.74) is 11.5. The molecule has 0 radical (unpaired) electrons. The Hall–Kier alpha value is -3.96. The fourth-order valence-electron chi connectivity index (χ4n) is 4.51. The molecule has 186 valence electrons. The molecule has 1 fully saturated rings. The molecule has 1 aromatic heterocycles. The summed E-state index contributed by atoms with van der Waals surface area (Å²) in [6.45, 7) is 3.85. The molecule has 1 saturated heterocycles. The van der Waals surface area contributed by atoms with Gasteiger partial charge < -0.3 is 20.9 Å². The Kier molecular flexibility index (Phi) is 7.58. The number of nitrogens with zero attached hydrogens (tertiary/aromatic N) is 5. The van der Waals surface area contributed by atoms with E-state index in [1.165, 1.54) is 0 Å². The molecule has 12 heteroatoms. The first-order chi connectivity index (χ1) is 16.9. The van der Waals surface area contributed by atoms with Crippen molar-refractivity contribution in [2.75, 3.05) is 24.5 Å². The first kappa shape index (κ1) is 24.2. The Morgan fingerprint density at radius 1 is 1.37 bits per heavy atom. The number of hydrazone groups is 1. The fourth-order valence-corrected chi connectivity index (χ4v) is 4.51. The van der Waals surface area contributed by atoms with E-state index in [1.807, 2.05) is 17.9 Å². The number of aromatic amines is 1. The van der Waals surface area contributed by atoms with E-state index >= 15 is 0 Å². The number of anilines is 1. The number of amides is 1. The molecule has 1 unspecified atom stereocenters. The van der Waals surface area contributed by atoms with Gasteiger partial charge in [0.25, 0.3) is 5.69 Å². The van der Waals surface area contributed by atoms with Crippen LogP contribution in [0.4, 0.5) is 11.4 Å². The summed E-state index contributed by atoms with van der Waals surface area (Å²) in [6, 6.07) is 5.35. The van der Waals surface area contributed by atoms with Gasteiger partial charge in [-0.2, -0.15) is 5.10 Å². The lowest BCUT2D eigenvalue weighted by molar-refractivity contribution is -0.384. The summed E-state index contributed by atoms with van der Waals surface area (Å²) in [5.74, 6) is 0.176. The van der Waals surface area contributed by atoms with E-state index in [1.54, 1.807) is 24.7 Å². The van der Waals surface area contributed by atoms with Crippen molar-refractivity contribution in [3.05, 3.63) is 52.1 Å². The standard InChI is InChI=1S/C23H31N9O3/c1-15-11-21(33)29-30-22(15)16-4-5-19(20(12-16)32(34)35)31-9-6-17(7-10-31)28-23(24)26-8-2-3-18-13-25-14-27-18/h4-5,12-15,17H,2-3,6-11H2,1H3,(H,25,27)(H,29,33)(H3,24,26,28). The zero-order valence-electron chi connectivity index (χ0n) is 19.7. The minimum atomic E-state index is -0.357. The van der Waals surface area contributed by atoms with E-state index in [0.29, 0.717) is 49.0 Å². The lowest BCUT2D eigenvalue weighted by Gasteiger charge is -2.34. The molecule has 1 aromatic carbocycles. The van der Waals surface area contributed by atoms with Crippen molar-refractivity contribution in [1.29, 1.82) is 0 Å². The van der Waals surface area contributed by atoms with Crippen molar-refractivity contribution < 1.29 is 9.72 Å². The number of H-pyrrole nitrogens is 1. The third kappa shape index (κ3) is 6.14. The summed E-state index contributed by atoms with van der Waals surface area (Å²) < 4.78 is 0. The number of hydrogen-bond donors (Lipinski definition) is 4. The number of imidazole rings is 1. The van der Waals surface area contributed by atoms with Crippen LogP contribution in [0.25, 0.3) is 0 Å². The Bertz CT molecular complexity index is 1110. The number of rotatable bonds is 8. The number of carbonyl (C=O) groups is 1. The summed E-state index contributed by atoms with van der Waals surface area (Å²) in [5, 5.41) is 19.3. The first-order valence-corrected chi connectivity index (χ1v) is 11.8. The van der Waals surface area contributed by atoms with Crippen LogP contribution in [-0.2, 0) is 11.2 Å². The second kappa shape index (κ2) is 11.0. The highest BCUT2D eigenvalue weighted by molar-refractivity contribution is 6.06. The number of nitro benzene ring substituents is 1. The van der Waals surface area contributed by atoms with Gasteiger partial charge in [0.05, 0.1) is 17.0 Å². The van der Waals surface area contributed by atoms with Crippen molar-refractivity contribution in [2.45, 2.75) is 45.1 Å². The number of aromatic nitrogens is 2. The number of nitrogens with two attached hydrogens (primary N) is 1. The maximum absolute atomic E-state index is 11.9. The lowest BCUT2D eigenvalue weighted by Crippen LogP contribution is -2.47. The minimum Gasteiger partial charge on any atom is -0.370 e. The van der Waals surface area contributed by atoms with Gasteiger partial charge >= 0.3 is 0 Å². The van der Waals surface area contributed by atoms with Crippen molar-refractivity contribution in [2.24, 2.45) is 21.7 Å². The highest BCUT2D eigenvalue weighted by Crippen LogP contribution is 2.32. The molecule has 2 aliphatic heterocycles. The number of aryl methyl sites for hydroxylation is 1. The average molecular weight is 482 g/mol. The zero-order valence-corrected chi connectivity index (χ0v) is 19.7. The van der Waals surface area contributed by atoms with Crippen LogP contribution in [-0.4, -0.2) is 58.1 Å². The van der Waals surface area contributed by atoms with Gasteiger partial charge in [0.15, 0.2) is 5.96 Å². The zero-order chi connectivity index (χ0) is 24.8. The number of hydrogen-bond acceptors (Lipinski definition) is 7. The number of carbonyl (C=O) groups excluding carboxylic acids is 1. The van der Waals surface area contributed by atoms with Crippen molar-refractivity contribution in [1.82, 2.24) is 20.7 Å². The molecule has 3 heterocycles. The predicted molar refractivity (Wildman–Crippen MR) is 133 cm³/mol. The number of aliphatic imine (C=N–C) groups is 1. The Morgan fingerprint density at radius 3 is 2.86 bits per heavy atom. The van der Waals surface area contributed by atoms with E-state index in [2.05, 4.69) is 30.8 Å². The Balaban J connectivity index is 1.33. The monoisotopic (exact) mass is 481 g/mol. The molecule has 1 amide bonds. The summed E-state index contributed by atoms with van der Waals surface area (Å²) in [6.07, 6.45) is 7.11. The van der Waals surface area contributed by atoms with Crippen molar-refractivity contribution >= 4 is 29.0 Å². The quantitative estimate of drug-likeness (QED) is 0.146. The van der Waals surface area contributed by atoms with E-state index in [9.17, 15) is 14.9 Å². The fraction of sp³-hybridized carbons (Fsp3) is 0.478. The molecule has 4 rings (SSSR count). The Labute approximate surface area is 203 Å². The number of nitro groups is 1. The molecule has 35 heavy (non-hydrogen) atoms. The average Bonchev–Trinajstić information content (AvgIpc) is 3.36. The highest BCUT2D eigenvalue weighted by atomic mass is 16.6. The molecule has 12 nitrogen and oxygen atoms in total. The number of piperidine rings is 1. The van der Waals surface area contributed by atoms with E-state index in [0.717, 1.165) is 31.4 Å². The summed E-state index contributed by atoms with van der Waals surface area (Å²) in [4.78, 5) is 36.5. The van der Waals surface area contributed by atoms with Crippen LogP contribution in [0, 0.1) is 16.0 Å². The molecule has 0 saturated carbocycles. The van der Waals surface area contributed by atoms with Crippen LogP contribution in [0.3, 0.4) is 0 Å². The molecule has 0 bridgehead atoms. The highest BCUT2D eigenvalue weighted by Gasteiger charge is 2.28. The van der Waals surface area contributed by atoms with Crippen LogP contribution >= 0.6 is 0 Å². The SMILES string of the molecule is CC1CC(=O)NN=C1c1ccc(N2CCC(NC(N)=NCCCc3cnc[nH]3)CC2)c([N+](=O)[O-])c1. The normalized spacial score (nSPS) is 19.3. The molecule has 2 aromatic rings. The van der Waals surface area contributed by atoms with Crippen molar-refractivity contribution in [3.63, 3.8) is 0 Å². The van der Waals surface area contributed by atoms with Gasteiger partial charge in [0.1, 0.15) is 5.69 Å². The predicted octanol–water partition coefficient (Wildman–Crippen LogP) is 1.68. The molecular formula is C23H31N9O3. The number of nitrogens with one attached hydrogen (secondary N) is 3. The second-order valence-corrected chi connectivity index (χ2v) is 8.95. The maximum atomic E-state index is 11.9. The van der Waals surface area contributed by atoms with Gasteiger partial charge in [-0.05, 0) is 31.7 Å². The van der Waals surface area contributed by atoms with Gasteiger partial charge in [0.2, 0.25) is 5.91 Å².